The van der Waals surface area contributed by atoms with Crippen LogP contribution in [0.2, 0.25) is 0 Å². The summed E-state index contributed by atoms with van der Waals surface area (Å²) in [5.74, 6) is -1.16. The van der Waals surface area contributed by atoms with E-state index < -0.39 is 22.0 Å². The van der Waals surface area contributed by atoms with Crippen LogP contribution in [0.3, 0.4) is 0 Å². The van der Waals surface area contributed by atoms with Crippen molar-refractivity contribution >= 4 is 26.7 Å². The van der Waals surface area contributed by atoms with E-state index in [4.69, 9.17) is 0 Å². The van der Waals surface area contributed by atoms with Gasteiger partial charge in [-0.15, -0.1) is 0 Å². The molecule has 0 radical (unpaired) electrons. The van der Waals surface area contributed by atoms with Crippen LogP contribution in [0.5, 0.6) is 0 Å². The van der Waals surface area contributed by atoms with Crippen molar-refractivity contribution in [1.29, 1.82) is 0 Å². The molecule has 0 saturated heterocycles. The summed E-state index contributed by atoms with van der Waals surface area (Å²) in [6.07, 6.45) is 3.14. The summed E-state index contributed by atoms with van der Waals surface area (Å²) in [5.41, 5.74) is 2.24. The lowest BCUT2D eigenvalue weighted by molar-refractivity contribution is -0.134. The third-order valence-electron chi connectivity index (χ3n) is 4.71. The third kappa shape index (κ3) is 4.45. The predicted molar refractivity (Wildman–Crippen MR) is 109 cm³/mol. The Balaban J connectivity index is 2.12. The number of hydroxylamine groups is 1. The number of carbonyl (C=O) groups excluding carboxylic acids is 1. The Hall–Kier alpha value is -2.81. The molecule has 0 aliphatic carbocycles. The summed E-state index contributed by atoms with van der Waals surface area (Å²) in [6, 6.07) is 14.6. The van der Waals surface area contributed by atoms with Crippen LogP contribution in [0.25, 0.3) is 10.8 Å². The highest BCUT2D eigenvalue weighted by Crippen LogP contribution is 2.27. The average Bonchev–Trinajstić information content (AvgIpc) is 2.73. The standard InChI is InChI=1S/C21H23N3O4S/c1-15(2)20(21(25)23-26)24(14-16-6-5-11-22-13-16)29(27,28)19-10-9-17-7-3-4-8-18(17)12-19/h3-13,15,20,26H,14H2,1-2H3,(H,23,25). The number of pyridine rings is 1. The third-order valence-corrected chi connectivity index (χ3v) is 6.53. The Bertz CT molecular complexity index is 1100. The molecule has 29 heavy (non-hydrogen) atoms. The number of nitrogens with one attached hydrogen (secondary N) is 1. The number of hydrogen-bond acceptors (Lipinski definition) is 5. The number of sulfonamides is 1. The van der Waals surface area contributed by atoms with E-state index in [1.54, 1.807) is 56.0 Å². The number of rotatable bonds is 7. The van der Waals surface area contributed by atoms with E-state index in [0.717, 1.165) is 15.1 Å². The van der Waals surface area contributed by atoms with E-state index >= 15 is 0 Å². The fraction of sp³-hybridized carbons (Fsp3) is 0.238. The van der Waals surface area contributed by atoms with E-state index in [1.807, 2.05) is 24.3 Å². The van der Waals surface area contributed by atoms with Gasteiger partial charge in [0, 0.05) is 18.9 Å². The number of carbonyl (C=O) groups is 1. The highest BCUT2D eigenvalue weighted by atomic mass is 32.2. The van der Waals surface area contributed by atoms with E-state index in [9.17, 15) is 18.4 Å². The number of fused-ring (bicyclic) bond motifs is 1. The maximum absolute atomic E-state index is 13.6. The van der Waals surface area contributed by atoms with Crippen molar-refractivity contribution in [2.24, 2.45) is 5.92 Å². The van der Waals surface area contributed by atoms with Gasteiger partial charge in [-0.05, 0) is 40.5 Å². The molecule has 3 rings (SSSR count). The molecule has 0 saturated carbocycles. The van der Waals surface area contributed by atoms with Crippen molar-refractivity contribution in [3.05, 3.63) is 72.6 Å². The van der Waals surface area contributed by atoms with Crippen molar-refractivity contribution in [3.8, 4) is 0 Å². The second-order valence-corrected chi connectivity index (χ2v) is 8.98. The molecule has 152 valence electrons. The monoisotopic (exact) mass is 413 g/mol. The molecule has 0 bridgehead atoms. The van der Waals surface area contributed by atoms with Gasteiger partial charge >= 0.3 is 0 Å². The summed E-state index contributed by atoms with van der Waals surface area (Å²) in [5, 5.41) is 10.9. The lowest BCUT2D eigenvalue weighted by atomic mass is 10.0. The summed E-state index contributed by atoms with van der Waals surface area (Å²) in [7, 11) is -4.06. The molecule has 0 aliphatic heterocycles. The minimum absolute atomic E-state index is 0.0563. The van der Waals surface area contributed by atoms with Crippen LogP contribution < -0.4 is 5.48 Å². The molecular weight excluding hydrogens is 390 g/mol. The molecule has 1 heterocycles. The summed E-state index contributed by atoms with van der Waals surface area (Å²) in [4.78, 5) is 16.5. The first-order chi connectivity index (χ1) is 13.8. The second kappa shape index (κ2) is 8.69. The zero-order valence-electron chi connectivity index (χ0n) is 16.2. The van der Waals surface area contributed by atoms with Crippen LogP contribution >= 0.6 is 0 Å². The van der Waals surface area contributed by atoms with Crippen molar-refractivity contribution in [3.63, 3.8) is 0 Å². The number of hydrogen-bond donors (Lipinski definition) is 2. The zero-order valence-corrected chi connectivity index (χ0v) is 17.0. The summed E-state index contributed by atoms with van der Waals surface area (Å²) in [6.45, 7) is 3.40. The topological polar surface area (TPSA) is 99.6 Å². The van der Waals surface area contributed by atoms with Gasteiger partial charge in [0.2, 0.25) is 10.0 Å². The van der Waals surface area contributed by atoms with Gasteiger partial charge < -0.3 is 0 Å². The molecule has 1 unspecified atom stereocenters. The maximum atomic E-state index is 13.6. The highest BCUT2D eigenvalue weighted by Gasteiger charge is 2.38. The molecule has 7 nitrogen and oxygen atoms in total. The molecule has 1 aromatic heterocycles. The van der Waals surface area contributed by atoms with Crippen LogP contribution in [0.4, 0.5) is 0 Å². The second-order valence-electron chi connectivity index (χ2n) is 7.09. The van der Waals surface area contributed by atoms with Crippen LogP contribution in [0, 0.1) is 5.92 Å². The van der Waals surface area contributed by atoms with Crippen molar-refractivity contribution in [1.82, 2.24) is 14.8 Å². The lowest BCUT2D eigenvalue weighted by Gasteiger charge is -2.32. The van der Waals surface area contributed by atoms with Crippen molar-refractivity contribution in [2.45, 2.75) is 31.3 Å². The minimum atomic E-state index is -4.06. The Labute approximate surface area is 170 Å². The van der Waals surface area contributed by atoms with Gasteiger partial charge in [0.25, 0.3) is 5.91 Å². The van der Waals surface area contributed by atoms with E-state index in [2.05, 4.69) is 4.98 Å². The number of benzene rings is 2. The van der Waals surface area contributed by atoms with Gasteiger partial charge in [0.15, 0.2) is 0 Å². The molecule has 1 amide bonds. The van der Waals surface area contributed by atoms with Gasteiger partial charge in [-0.2, -0.15) is 4.31 Å². The predicted octanol–water partition coefficient (Wildman–Crippen LogP) is 2.96. The zero-order chi connectivity index (χ0) is 21.0. The Morgan fingerprint density at radius 3 is 2.45 bits per heavy atom. The average molecular weight is 413 g/mol. The SMILES string of the molecule is CC(C)C(C(=O)NO)N(Cc1cccnc1)S(=O)(=O)c1ccc2ccccc2c1. The molecule has 2 aromatic carbocycles. The van der Waals surface area contributed by atoms with E-state index in [1.165, 1.54) is 6.07 Å². The molecular formula is C21H23N3O4S. The highest BCUT2D eigenvalue weighted by molar-refractivity contribution is 7.89. The Morgan fingerprint density at radius 1 is 1.10 bits per heavy atom. The van der Waals surface area contributed by atoms with Crippen molar-refractivity contribution < 1.29 is 18.4 Å². The molecule has 0 aliphatic rings. The van der Waals surface area contributed by atoms with E-state index in [-0.39, 0.29) is 17.4 Å². The number of nitrogens with zero attached hydrogens (tertiary/aromatic N) is 2. The van der Waals surface area contributed by atoms with Gasteiger partial charge in [-0.1, -0.05) is 50.2 Å². The summed E-state index contributed by atoms with van der Waals surface area (Å²) >= 11 is 0. The largest absolute Gasteiger partial charge is 0.289 e. The van der Waals surface area contributed by atoms with E-state index in [0.29, 0.717) is 5.56 Å². The van der Waals surface area contributed by atoms with Crippen LogP contribution in [0.15, 0.2) is 71.9 Å². The quantitative estimate of drug-likeness (QED) is 0.458. The number of amides is 1. The van der Waals surface area contributed by atoms with Gasteiger partial charge in [-0.25, -0.2) is 13.9 Å². The molecule has 3 aromatic rings. The normalized spacial score (nSPS) is 13.0. The first-order valence-electron chi connectivity index (χ1n) is 9.18. The van der Waals surface area contributed by atoms with Crippen LogP contribution in [-0.4, -0.2) is 34.9 Å². The summed E-state index contributed by atoms with van der Waals surface area (Å²) < 4.78 is 28.3. The molecule has 0 spiro atoms. The minimum Gasteiger partial charge on any atom is -0.289 e. The van der Waals surface area contributed by atoms with Gasteiger partial charge in [-0.3, -0.25) is 15.0 Å². The first kappa shape index (κ1) is 20.9. The number of aromatic nitrogens is 1. The smallest absolute Gasteiger partial charge is 0.262 e. The Morgan fingerprint density at radius 2 is 1.83 bits per heavy atom. The fourth-order valence-electron chi connectivity index (χ4n) is 3.30. The fourth-order valence-corrected chi connectivity index (χ4v) is 5.04. The van der Waals surface area contributed by atoms with Crippen LogP contribution in [-0.2, 0) is 21.4 Å². The maximum Gasteiger partial charge on any atom is 0.262 e. The molecule has 0 fully saturated rings. The Kier molecular flexibility index (Phi) is 6.26. The van der Waals surface area contributed by atoms with Crippen LogP contribution in [0.1, 0.15) is 19.4 Å². The van der Waals surface area contributed by atoms with Crippen molar-refractivity contribution in [2.75, 3.05) is 0 Å². The molecule has 8 heteroatoms. The molecule has 2 N–H and O–H groups in total. The first-order valence-corrected chi connectivity index (χ1v) is 10.6. The lowest BCUT2D eigenvalue weighted by Crippen LogP contribution is -2.51. The van der Waals surface area contributed by atoms with Gasteiger partial charge in [0.05, 0.1) is 4.90 Å². The van der Waals surface area contributed by atoms with Gasteiger partial charge in [0.1, 0.15) is 6.04 Å². The molecule has 1 atom stereocenters.